The number of halogens is 3. The van der Waals surface area contributed by atoms with Gasteiger partial charge in [0.05, 0.1) is 0 Å². The average molecular weight is 267 g/mol. The number of nitriles is 1. The summed E-state index contributed by atoms with van der Waals surface area (Å²) in [6, 6.07) is 1.93. The zero-order valence-corrected chi connectivity index (χ0v) is 9.73. The molecule has 0 N–H and O–H groups in total. The normalized spacial score (nSPS) is 9.73. The molecule has 0 radical (unpaired) electrons. The lowest BCUT2D eigenvalue weighted by molar-refractivity contribution is 0.418. The predicted octanol–water partition coefficient (Wildman–Crippen LogP) is 3.93. The molecule has 0 saturated heterocycles. The van der Waals surface area contributed by atoms with Crippen LogP contribution in [-0.2, 0) is 0 Å². The highest BCUT2D eigenvalue weighted by Crippen LogP contribution is 2.32. The van der Waals surface area contributed by atoms with Gasteiger partial charge in [-0.3, -0.25) is 0 Å². The highest BCUT2D eigenvalue weighted by Gasteiger charge is 2.11. The van der Waals surface area contributed by atoms with Crippen molar-refractivity contribution in [3.63, 3.8) is 0 Å². The summed E-state index contributed by atoms with van der Waals surface area (Å²) in [5.41, 5.74) is 0.330. The number of rotatable bonds is 4. The smallest absolute Gasteiger partial charge is 0.192 e. The Bertz CT molecular complexity index is 407. The fourth-order valence-electron chi connectivity index (χ4n) is 0.767. The van der Waals surface area contributed by atoms with Crippen LogP contribution in [-0.4, -0.2) is 10.1 Å². The minimum atomic E-state index is -1.68. The second-order valence-electron chi connectivity index (χ2n) is 2.38. The molecule has 1 heterocycles. The van der Waals surface area contributed by atoms with Gasteiger partial charge in [0.25, 0.3) is 6.08 Å². The summed E-state index contributed by atoms with van der Waals surface area (Å²) in [7, 11) is 0. The van der Waals surface area contributed by atoms with Crippen LogP contribution in [0.5, 0.6) is 0 Å². The number of thioether (sulfide) groups is 1. The number of allylic oxidation sites excluding steroid dienone is 1. The molecular weight excluding hydrogens is 262 g/mol. The first kappa shape index (κ1) is 12.4. The van der Waals surface area contributed by atoms with E-state index in [2.05, 4.69) is 4.37 Å². The minimum Gasteiger partial charge on any atom is -0.192 e. The number of hydrogen-bond acceptors (Lipinski definition) is 4. The van der Waals surface area contributed by atoms with Gasteiger partial charge in [-0.25, -0.2) is 0 Å². The van der Waals surface area contributed by atoms with Crippen LogP contribution in [0.25, 0.3) is 0 Å². The molecule has 0 aliphatic rings. The van der Waals surface area contributed by atoms with E-state index in [4.69, 9.17) is 16.9 Å². The Morgan fingerprint density at radius 2 is 2.40 bits per heavy atom. The monoisotopic (exact) mass is 266 g/mol. The predicted molar refractivity (Wildman–Crippen MR) is 57.5 cm³/mol. The molecule has 2 nitrogen and oxygen atoms in total. The van der Waals surface area contributed by atoms with Crippen LogP contribution in [0.15, 0.2) is 16.4 Å². The van der Waals surface area contributed by atoms with Crippen molar-refractivity contribution in [1.29, 1.82) is 5.26 Å². The molecule has 15 heavy (non-hydrogen) atoms. The molecule has 0 unspecified atom stereocenters. The molecular formula is C8H5ClF2N2S2. The fraction of sp³-hybridized carbons (Fsp3) is 0.250. The Morgan fingerprint density at radius 1 is 1.67 bits per heavy atom. The maximum atomic E-state index is 11.7. The summed E-state index contributed by atoms with van der Waals surface area (Å²) >= 11 is 8.06. The summed E-state index contributed by atoms with van der Waals surface area (Å²) in [6.45, 7) is 0. The number of hydrogen-bond donors (Lipinski definition) is 0. The first-order valence-electron chi connectivity index (χ1n) is 3.84. The highest BCUT2D eigenvalue weighted by molar-refractivity contribution is 8.01. The molecule has 0 atom stereocenters. The van der Waals surface area contributed by atoms with Crippen LogP contribution in [0.2, 0.25) is 5.15 Å². The van der Waals surface area contributed by atoms with Crippen molar-refractivity contribution < 1.29 is 8.78 Å². The first-order valence-corrected chi connectivity index (χ1v) is 5.98. The molecule has 1 rings (SSSR count). The second kappa shape index (κ2) is 6.05. The van der Waals surface area contributed by atoms with Gasteiger partial charge in [-0.05, 0) is 24.0 Å². The van der Waals surface area contributed by atoms with Gasteiger partial charge in [0.2, 0.25) is 0 Å². The molecule has 7 heteroatoms. The van der Waals surface area contributed by atoms with E-state index >= 15 is 0 Å². The summed E-state index contributed by atoms with van der Waals surface area (Å²) in [5, 5.41) is 8.90. The van der Waals surface area contributed by atoms with Gasteiger partial charge >= 0.3 is 0 Å². The van der Waals surface area contributed by atoms with Gasteiger partial charge in [-0.1, -0.05) is 11.6 Å². The molecule has 0 spiro atoms. The SMILES string of the molecule is N#Cc1c(Cl)nsc1SCCC=C(F)F. The Hall–Kier alpha value is -0.640. The summed E-state index contributed by atoms with van der Waals surface area (Å²) in [6.07, 6.45) is -0.576. The minimum absolute atomic E-state index is 0.178. The van der Waals surface area contributed by atoms with Crippen molar-refractivity contribution >= 4 is 34.9 Å². The average Bonchev–Trinajstić information content (AvgIpc) is 2.53. The van der Waals surface area contributed by atoms with E-state index < -0.39 is 6.08 Å². The summed E-state index contributed by atoms with van der Waals surface area (Å²) in [5.74, 6) is 0.477. The van der Waals surface area contributed by atoms with Gasteiger partial charge in [-0.15, -0.1) is 11.8 Å². The van der Waals surface area contributed by atoms with Crippen molar-refractivity contribution in [2.24, 2.45) is 0 Å². The van der Waals surface area contributed by atoms with Crippen molar-refractivity contribution in [2.75, 3.05) is 5.75 Å². The van der Waals surface area contributed by atoms with Crippen molar-refractivity contribution in [3.8, 4) is 6.07 Å². The third kappa shape index (κ3) is 3.78. The zero-order chi connectivity index (χ0) is 11.3. The van der Waals surface area contributed by atoms with Crippen molar-refractivity contribution in [1.82, 2.24) is 4.37 Å². The maximum Gasteiger partial charge on any atom is 0.266 e. The van der Waals surface area contributed by atoms with Gasteiger partial charge in [0.1, 0.15) is 15.8 Å². The molecule has 80 valence electrons. The van der Waals surface area contributed by atoms with Crippen LogP contribution in [0.4, 0.5) is 8.78 Å². The summed E-state index contributed by atoms with van der Waals surface area (Å²) < 4.78 is 27.8. The molecule has 0 aromatic carbocycles. The molecule has 0 amide bonds. The third-order valence-corrected chi connectivity index (χ3v) is 3.88. The third-order valence-electron chi connectivity index (χ3n) is 1.38. The van der Waals surface area contributed by atoms with Crippen molar-refractivity contribution in [3.05, 3.63) is 22.9 Å². The lowest BCUT2D eigenvalue weighted by Crippen LogP contribution is -1.78. The Labute approximate surface area is 98.7 Å². The van der Waals surface area contributed by atoms with Gasteiger partial charge < -0.3 is 0 Å². The van der Waals surface area contributed by atoms with E-state index in [1.54, 1.807) is 0 Å². The van der Waals surface area contributed by atoms with E-state index in [0.29, 0.717) is 15.5 Å². The maximum absolute atomic E-state index is 11.7. The lowest BCUT2D eigenvalue weighted by atomic mass is 10.4. The van der Waals surface area contributed by atoms with Gasteiger partial charge in [0, 0.05) is 5.75 Å². The van der Waals surface area contributed by atoms with Crippen LogP contribution in [0.1, 0.15) is 12.0 Å². The largest absolute Gasteiger partial charge is 0.266 e. The molecule has 0 bridgehead atoms. The van der Waals surface area contributed by atoms with Crippen LogP contribution < -0.4 is 0 Å². The molecule has 0 fully saturated rings. The van der Waals surface area contributed by atoms with E-state index in [1.165, 1.54) is 11.8 Å². The molecule has 0 aliphatic heterocycles. The quantitative estimate of drug-likeness (QED) is 0.612. The van der Waals surface area contributed by atoms with E-state index in [-0.39, 0.29) is 11.6 Å². The molecule has 0 saturated carbocycles. The zero-order valence-electron chi connectivity index (χ0n) is 7.34. The Morgan fingerprint density at radius 3 is 3.00 bits per heavy atom. The highest BCUT2D eigenvalue weighted by atomic mass is 35.5. The van der Waals surface area contributed by atoms with Crippen LogP contribution >= 0.6 is 34.9 Å². The van der Waals surface area contributed by atoms with Crippen LogP contribution in [0.3, 0.4) is 0 Å². The summed E-state index contributed by atoms with van der Waals surface area (Å²) in [4.78, 5) is 0. The van der Waals surface area contributed by atoms with Gasteiger partial charge in [0.15, 0.2) is 5.15 Å². The molecule has 0 aliphatic carbocycles. The standard InChI is InChI=1S/C8H5ClF2N2S2/c9-7-5(4-12)8(15-13-7)14-3-1-2-6(10)11/h2H,1,3H2. The molecule has 1 aromatic heterocycles. The van der Waals surface area contributed by atoms with E-state index in [0.717, 1.165) is 17.6 Å². The first-order chi connectivity index (χ1) is 7.15. The Kier molecular flexibility index (Phi) is 5.02. The topological polar surface area (TPSA) is 36.7 Å². The second-order valence-corrected chi connectivity index (χ2v) is 4.87. The number of nitrogens with zero attached hydrogens (tertiary/aromatic N) is 2. The fourth-order valence-corrected chi connectivity index (χ4v) is 2.89. The van der Waals surface area contributed by atoms with E-state index in [9.17, 15) is 8.78 Å². The van der Waals surface area contributed by atoms with Crippen molar-refractivity contribution in [2.45, 2.75) is 10.6 Å². The van der Waals surface area contributed by atoms with Crippen LogP contribution in [0, 0.1) is 11.3 Å². The number of aromatic nitrogens is 1. The Balaban J connectivity index is 2.52. The lowest BCUT2D eigenvalue weighted by Gasteiger charge is -1.93. The van der Waals surface area contributed by atoms with E-state index in [1.807, 2.05) is 6.07 Å². The van der Waals surface area contributed by atoms with Gasteiger partial charge in [-0.2, -0.15) is 18.4 Å². The molecule has 1 aromatic rings.